The molecule has 0 fully saturated rings. The van der Waals surface area contributed by atoms with Gasteiger partial charge in [-0.25, -0.2) is 22.8 Å². The van der Waals surface area contributed by atoms with Crippen molar-refractivity contribution in [1.29, 1.82) is 0 Å². The zero-order valence-electron chi connectivity index (χ0n) is 48.5. The number of nitrogens with two attached hydrogens (primary N) is 1. The fourth-order valence-corrected chi connectivity index (χ4v) is 7.83. The summed E-state index contributed by atoms with van der Waals surface area (Å²) in [5.41, 5.74) is 8.80. The normalized spacial score (nSPS) is 14.0. The van der Waals surface area contributed by atoms with Crippen LogP contribution in [0.4, 0.5) is 22.8 Å². The van der Waals surface area contributed by atoms with Crippen molar-refractivity contribution in [1.82, 2.24) is 25.3 Å². The van der Waals surface area contributed by atoms with Crippen molar-refractivity contribution < 1.29 is 89.4 Å². The van der Waals surface area contributed by atoms with Gasteiger partial charge in [0.2, 0.25) is 0 Å². The lowest BCUT2D eigenvalue weighted by Crippen LogP contribution is -2.41. The van der Waals surface area contributed by atoms with Gasteiger partial charge in [0.05, 0.1) is 40.3 Å². The second-order valence-electron chi connectivity index (χ2n) is 20.7. The average Bonchev–Trinajstić information content (AvgIpc) is 3.57. The summed E-state index contributed by atoms with van der Waals surface area (Å²) in [5.74, 6) is -0.624. The van der Waals surface area contributed by atoms with Crippen LogP contribution in [0.2, 0.25) is 0 Å². The van der Waals surface area contributed by atoms with E-state index in [1.807, 2.05) is 0 Å². The maximum Gasteiger partial charge on any atom is 0.407 e. The number of methoxy groups -OCH3 is 3. The molecule has 5 amide bonds. The third-order valence-electron chi connectivity index (χ3n) is 12.1. The van der Waals surface area contributed by atoms with Crippen molar-refractivity contribution in [2.45, 2.75) is 72.0 Å². The molecule has 3 aromatic carbocycles. The molecule has 0 spiro atoms. The number of esters is 3. The number of carbonyl (C=O) groups excluding carboxylic acids is 8. The van der Waals surface area contributed by atoms with E-state index in [2.05, 4.69) is 24.8 Å². The second kappa shape index (κ2) is 33.7. The molecule has 0 radical (unpaired) electrons. The number of fused-ring (bicyclic) bond motifs is 3. The summed E-state index contributed by atoms with van der Waals surface area (Å²) in [6.07, 6.45) is 1.62. The molecule has 0 bridgehead atoms. The molecule has 26 heteroatoms. The van der Waals surface area contributed by atoms with E-state index in [0.29, 0.717) is 97.4 Å². The smallest absolute Gasteiger partial charge is 0.407 e. The van der Waals surface area contributed by atoms with E-state index in [1.54, 1.807) is 96.1 Å². The number of nitrogens with one attached hydrogen (secondary N) is 2. The largest absolute Gasteiger partial charge is 0.489 e. The van der Waals surface area contributed by atoms with Gasteiger partial charge in [-0.15, -0.1) is 12.4 Å². The molecule has 4 N–H and O–H groups in total. The number of carbonyl (C=O) groups is 8. The van der Waals surface area contributed by atoms with Crippen molar-refractivity contribution in [2.75, 3.05) is 100 Å². The van der Waals surface area contributed by atoms with Crippen LogP contribution in [-0.4, -0.2) is 174 Å². The Kier molecular flexibility index (Phi) is 28.1. The molecule has 0 saturated carbocycles. The minimum absolute atomic E-state index is 0. The molecule has 0 atom stereocenters. The molecule has 84 heavy (non-hydrogen) atoms. The van der Waals surface area contributed by atoms with Gasteiger partial charge >= 0.3 is 30.1 Å². The molecule has 3 aliphatic rings. The first kappa shape index (κ1) is 69.9. The molecule has 22 nitrogen and oxygen atoms in total. The van der Waals surface area contributed by atoms with E-state index in [4.69, 9.17) is 29.4 Å². The Labute approximate surface area is 492 Å². The van der Waals surface area contributed by atoms with Crippen molar-refractivity contribution in [3.63, 3.8) is 0 Å². The fourth-order valence-electron chi connectivity index (χ4n) is 7.83. The molecule has 3 aromatic rings. The van der Waals surface area contributed by atoms with Gasteiger partial charge in [0, 0.05) is 72.7 Å². The first-order valence-corrected chi connectivity index (χ1v) is 26.2. The van der Waals surface area contributed by atoms with Crippen molar-refractivity contribution in [2.24, 2.45) is 5.73 Å². The number of hydrogen-bond acceptors (Lipinski definition) is 17. The number of benzene rings is 3. The Bertz CT molecular complexity index is 2770. The molecule has 6 rings (SSSR count). The highest BCUT2D eigenvalue weighted by Crippen LogP contribution is 2.27. The van der Waals surface area contributed by atoms with Gasteiger partial charge in [-0.2, -0.15) is 0 Å². The molecule has 3 aliphatic heterocycles. The lowest BCUT2D eigenvalue weighted by Gasteiger charge is -2.27. The summed E-state index contributed by atoms with van der Waals surface area (Å²) in [7, 11) is 3.84. The van der Waals surface area contributed by atoms with Crippen molar-refractivity contribution in [3.8, 4) is 17.2 Å². The van der Waals surface area contributed by atoms with Crippen LogP contribution in [-0.2, 0) is 57.3 Å². The van der Waals surface area contributed by atoms with E-state index >= 15 is 0 Å². The van der Waals surface area contributed by atoms with E-state index in [1.165, 1.54) is 36.0 Å². The number of alkyl carbamates (subject to hydrolysis) is 2. The van der Waals surface area contributed by atoms with Crippen LogP contribution >= 0.6 is 12.4 Å². The van der Waals surface area contributed by atoms with Crippen LogP contribution in [0.1, 0.15) is 89.3 Å². The minimum atomic E-state index is -0.648. The van der Waals surface area contributed by atoms with Crippen LogP contribution < -0.4 is 30.6 Å². The van der Waals surface area contributed by atoms with E-state index in [0.717, 1.165) is 16.7 Å². The highest BCUT2D eigenvalue weighted by molar-refractivity contribution is 6.00. The maximum atomic E-state index is 13.1. The average molecular weight is 1200 g/mol. The molecule has 0 unspecified atom stereocenters. The third-order valence-corrected chi connectivity index (χ3v) is 12.1. The number of rotatable bonds is 20. The Morgan fingerprint density at radius 2 is 0.798 bits per heavy atom. The van der Waals surface area contributed by atoms with Crippen molar-refractivity contribution in [3.05, 3.63) is 124 Å². The Morgan fingerprint density at radius 3 is 1.05 bits per heavy atom. The zero-order valence-corrected chi connectivity index (χ0v) is 49.3. The zero-order chi connectivity index (χ0) is 61.4. The van der Waals surface area contributed by atoms with E-state index in [9.17, 15) is 51.5 Å². The predicted octanol–water partition coefficient (Wildman–Crippen LogP) is 6.70. The Balaban J connectivity index is 0.000000331. The number of nitrogens with zero attached hydrogens (tertiary/aromatic N) is 3. The summed E-state index contributed by atoms with van der Waals surface area (Å²) >= 11 is 0. The minimum Gasteiger partial charge on any atom is -0.489 e. The maximum absolute atomic E-state index is 13.1. The van der Waals surface area contributed by atoms with Gasteiger partial charge in [0.15, 0.2) is 0 Å². The van der Waals surface area contributed by atoms with E-state index in [-0.39, 0.29) is 100 Å². The number of halogens is 4. The third kappa shape index (κ3) is 22.8. The molecule has 0 aliphatic carbocycles. The topological polar surface area (TPSA) is 270 Å². The molecule has 0 aromatic heterocycles. The number of ether oxygens (including phenoxy) is 8. The highest BCUT2D eigenvalue weighted by Gasteiger charge is 2.30. The van der Waals surface area contributed by atoms with Crippen LogP contribution in [0.25, 0.3) is 0 Å². The highest BCUT2D eigenvalue weighted by atomic mass is 35.5. The second-order valence-corrected chi connectivity index (χ2v) is 20.7. The quantitative estimate of drug-likeness (QED) is 0.0784. The Morgan fingerprint density at radius 1 is 0.512 bits per heavy atom. The SMILES string of the molecule is COC(=O)CN1CCc2cc(OC/C(=C/F)CN)ccc2C1=O.COC(=O)CN1CCc2cc(OC/C(=C/F)CNC(=O)OC(C)(C)C)ccc2C1=O.COC(=O)CN1CCc2cc(OC/C(=C\F)CNC(=O)OC(C)(C)C)ccc2C1=O.Cl. The Hall–Kier alpha value is -8.32. The summed E-state index contributed by atoms with van der Waals surface area (Å²) in [5, 5.41) is 4.94. The van der Waals surface area contributed by atoms with Gasteiger partial charge in [-0.05, 0) is 132 Å². The summed E-state index contributed by atoms with van der Waals surface area (Å²) < 4.78 is 79.4. The first-order valence-electron chi connectivity index (χ1n) is 26.2. The molecule has 3 heterocycles. The standard InChI is InChI=1S/2C21H27FN2O6.C16H19FN2O4.ClH/c2*1-21(2,3)30-20(27)23-11-14(10-22)13-29-16-5-6-17-15(9-16)7-8-24(19(17)26)12-18(25)28-4;1-22-15(20)9-19-5-4-12-6-13(2-3-14(12)16(19)21)23-10-11(7-17)8-18;/h2*5-6,9-10H,7-8,11-13H2,1-4H3,(H,23,27);2-3,6-7H,4-5,8-10,18H2,1H3;1H/b14-10+;14-10-;11-7+;. The van der Waals surface area contributed by atoms with E-state index < -0.39 is 41.3 Å². The first-order chi connectivity index (χ1) is 39.3. The monoisotopic (exact) mass is 1200 g/mol. The predicted molar refractivity (Wildman–Crippen MR) is 303 cm³/mol. The number of amides is 5. The summed E-state index contributed by atoms with van der Waals surface area (Å²) in [6.45, 7) is 11.2. The van der Waals surface area contributed by atoms with Gasteiger partial charge in [0.1, 0.15) is 67.9 Å². The van der Waals surface area contributed by atoms with Crippen LogP contribution in [0.3, 0.4) is 0 Å². The van der Waals surface area contributed by atoms with Crippen LogP contribution in [0.15, 0.2) is 90.3 Å². The van der Waals surface area contributed by atoms with Crippen LogP contribution in [0.5, 0.6) is 17.2 Å². The fraction of sp³-hybridized carbons (Fsp3) is 0.448. The molecule has 0 saturated heterocycles. The van der Waals surface area contributed by atoms with Gasteiger partial charge in [-0.1, -0.05) is 0 Å². The van der Waals surface area contributed by atoms with Gasteiger partial charge in [0.25, 0.3) is 17.7 Å². The van der Waals surface area contributed by atoms with Gasteiger partial charge < -0.3 is 69.0 Å². The molecular weight excluding hydrogens is 1130 g/mol. The van der Waals surface area contributed by atoms with Gasteiger partial charge in [-0.3, -0.25) is 28.8 Å². The molecule has 460 valence electrons. The lowest BCUT2D eigenvalue weighted by atomic mass is 9.98. The lowest BCUT2D eigenvalue weighted by molar-refractivity contribution is -0.142. The summed E-state index contributed by atoms with van der Waals surface area (Å²) in [6, 6.07) is 14.9. The molecular formula is C58H74ClF3N6O16. The van der Waals surface area contributed by atoms with Crippen molar-refractivity contribution >= 4 is 60.2 Å². The summed E-state index contributed by atoms with van der Waals surface area (Å²) in [4.78, 5) is 99.2. The number of hydrogen-bond donors (Lipinski definition) is 3. The van der Waals surface area contributed by atoms with Crippen LogP contribution in [0, 0.1) is 0 Å².